The van der Waals surface area contributed by atoms with Crippen molar-refractivity contribution in [1.82, 2.24) is 5.32 Å². The van der Waals surface area contributed by atoms with Crippen LogP contribution in [0.15, 0.2) is 0 Å². The second kappa shape index (κ2) is 6.33. The van der Waals surface area contributed by atoms with Crippen LogP contribution in [0.2, 0.25) is 0 Å². The van der Waals surface area contributed by atoms with Gasteiger partial charge in [-0.05, 0) is 26.3 Å². The molecule has 0 spiro atoms. The second-order valence-corrected chi connectivity index (χ2v) is 3.88. The van der Waals surface area contributed by atoms with Gasteiger partial charge in [0.1, 0.15) is 6.61 Å². The van der Waals surface area contributed by atoms with Crippen LogP contribution >= 0.6 is 0 Å². The first kappa shape index (κ1) is 14.7. The number of alkyl halides is 3. The molecule has 2 nitrogen and oxygen atoms in total. The quantitative estimate of drug-likeness (QED) is 0.675. The molecule has 0 saturated carbocycles. The number of ether oxygens (including phenoxy) is 1. The Morgan fingerprint density at radius 1 is 1.20 bits per heavy atom. The highest BCUT2D eigenvalue weighted by atomic mass is 19.4. The van der Waals surface area contributed by atoms with Gasteiger partial charge in [0.25, 0.3) is 0 Å². The van der Waals surface area contributed by atoms with Crippen LogP contribution in [0.5, 0.6) is 0 Å². The topological polar surface area (TPSA) is 21.3 Å². The minimum atomic E-state index is -4.25. The zero-order chi connectivity index (χ0) is 11.9. The molecule has 0 aromatic rings. The van der Waals surface area contributed by atoms with E-state index in [-0.39, 0.29) is 0 Å². The lowest BCUT2D eigenvalue weighted by Gasteiger charge is -2.29. The van der Waals surface area contributed by atoms with E-state index >= 15 is 0 Å². The Morgan fingerprint density at radius 3 is 2.20 bits per heavy atom. The predicted octanol–water partition coefficient (Wildman–Crippen LogP) is 2.73. The third-order valence-corrected chi connectivity index (χ3v) is 2.26. The monoisotopic (exact) mass is 227 g/mol. The van der Waals surface area contributed by atoms with E-state index in [0.29, 0.717) is 13.0 Å². The van der Waals surface area contributed by atoms with Crippen LogP contribution < -0.4 is 5.32 Å². The Bertz CT molecular complexity index is 173. The van der Waals surface area contributed by atoms with E-state index in [4.69, 9.17) is 4.74 Å². The van der Waals surface area contributed by atoms with Crippen LogP contribution in [0.3, 0.4) is 0 Å². The SMILES string of the molecule is CCCNCC(C)(CC)OCC(F)(F)F. The largest absolute Gasteiger partial charge is 0.411 e. The summed E-state index contributed by atoms with van der Waals surface area (Å²) in [6.07, 6.45) is -2.74. The summed E-state index contributed by atoms with van der Waals surface area (Å²) in [5.74, 6) is 0. The van der Waals surface area contributed by atoms with Crippen LogP contribution in [0.25, 0.3) is 0 Å². The van der Waals surface area contributed by atoms with Gasteiger partial charge in [0.05, 0.1) is 5.60 Å². The van der Waals surface area contributed by atoms with Gasteiger partial charge in [-0.25, -0.2) is 0 Å². The van der Waals surface area contributed by atoms with Gasteiger partial charge in [-0.1, -0.05) is 13.8 Å². The van der Waals surface area contributed by atoms with E-state index in [2.05, 4.69) is 5.32 Å². The molecular formula is C10H20F3NO. The molecular weight excluding hydrogens is 207 g/mol. The predicted molar refractivity (Wildman–Crippen MR) is 53.9 cm³/mol. The van der Waals surface area contributed by atoms with Crippen molar-refractivity contribution in [2.24, 2.45) is 0 Å². The fourth-order valence-corrected chi connectivity index (χ4v) is 1.06. The van der Waals surface area contributed by atoms with Gasteiger partial charge >= 0.3 is 6.18 Å². The van der Waals surface area contributed by atoms with Crippen molar-refractivity contribution in [1.29, 1.82) is 0 Å². The Kier molecular flexibility index (Phi) is 6.20. The summed E-state index contributed by atoms with van der Waals surface area (Å²) in [7, 11) is 0. The Morgan fingerprint density at radius 2 is 1.80 bits per heavy atom. The number of hydrogen-bond donors (Lipinski definition) is 1. The minimum Gasteiger partial charge on any atom is -0.365 e. The molecule has 0 bridgehead atoms. The third kappa shape index (κ3) is 7.62. The van der Waals surface area contributed by atoms with Crippen molar-refractivity contribution in [3.05, 3.63) is 0 Å². The molecule has 0 aliphatic rings. The normalized spacial score (nSPS) is 16.4. The van der Waals surface area contributed by atoms with Crippen molar-refractivity contribution < 1.29 is 17.9 Å². The average molecular weight is 227 g/mol. The second-order valence-electron chi connectivity index (χ2n) is 3.88. The molecule has 0 aromatic carbocycles. The molecule has 15 heavy (non-hydrogen) atoms. The molecule has 1 N–H and O–H groups in total. The summed E-state index contributed by atoms with van der Waals surface area (Å²) in [5.41, 5.74) is -0.731. The van der Waals surface area contributed by atoms with Crippen LogP contribution in [0, 0.1) is 0 Å². The zero-order valence-corrected chi connectivity index (χ0v) is 9.58. The summed E-state index contributed by atoms with van der Waals surface area (Å²) in [6, 6.07) is 0. The van der Waals surface area contributed by atoms with E-state index in [1.165, 1.54) is 0 Å². The molecule has 1 atom stereocenters. The van der Waals surface area contributed by atoms with Crippen molar-refractivity contribution in [3.8, 4) is 0 Å². The molecule has 0 rings (SSSR count). The lowest BCUT2D eigenvalue weighted by atomic mass is 10.0. The molecule has 0 radical (unpaired) electrons. The lowest BCUT2D eigenvalue weighted by molar-refractivity contribution is -0.202. The lowest BCUT2D eigenvalue weighted by Crippen LogP contribution is -2.42. The first-order valence-electron chi connectivity index (χ1n) is 5.24. The maximum atomic E-state index is 12.0. The van der Waals surface area contributed by atoms with E-state index in [1.54, 1.807) is 6.92 Å². The van der Waals surface area contributed by atoms with Gasteiger partial charge in [0.2, 0.25) is 0 Å². The van der Waals surface area contributed by atoms with Gasteiger partial charge in [0, 0.05) is 6.54 Å². The van der Waals surface area contributed by atoms with E-state index in [1.807, 2.05) is 13.8 Å². The molecule has 0 amide bonds. The van der Waals surface area contributed by atoms with Crippen molar-refractivity contribution in [3.63, 3.8) is 0 Å². The Hall–Kier alpha value is -0.290. The van der Waals surface area contributed by atoms with Crippen LogP contribution in [-0.2, 0) is 4.74 Å². The summed E-state index contributed by atoms with van der Waals surface area (Å²) >= 11 is 0. The molecule has 1 unspecified atom stereocenters. The zero-order valence-electron chi connectivity index (χ0n) is 9.58. The number of hydrogen-bond acceptors (Lipinski definition) is 2. The molecule has 5 heteroatoms. The Labute approximate surface area is 89.2 Å². The van der Waals surface area contributed by atoms with Crippen LogP contribution in [-0.4, -0.2) is 31.5 Å². The van der Waals surface area contributed by atoms with E-state index < -0.39 is 18.4 Å². The summed E-state index contributed by atoms with van der Waals surface area (Å²) in [4.78, 5) is 0. The maximum absolute atomic E-state index is 12.0. The Balaban J connectivity index is 3.96. The molecule has 0 aliphatic carbocycles. The first-order valence-corrected chi connectivity index (χ1v) is 5.24. The summed E-state index contributed by atoms with van der Waals surface area (Å²) in [6.45, 7) is 5.60. The molecule has 0 fully saturated rings. The minimum absolute atomic E-state index is 0.452. The third-order valence-electron chi connectivity index (χ3n) is 2.26. The highest BCUT2D eigenvalue weighted by Crippen LogP contribution is 2.21. The van der Waals surface area contributed by atoms with Gasteiger partial charge in [-0.2, -0.15) is 13.2 Å². The van der Waals surface area contributed by atoms with E-state index in [9.17, 15) is 13.2 Å². The van der Waals surface area contributed by atoms with Crippen molar-refractivity contribution >= 4 is 0 Å². The van der Waals surface area contributed by atoms with E-state index in [0.717, 1.165) is 13.0 Å². The molecule has 0 saturated heterocycles. The molecule has 0 heterocycles. The summed E-state index contributed by atoms with van der Waals surface area (Å²) in [5, 5.41) is 3.07. The average Bonchev–Trinajstić information content (AvgIpc) is 2.14. The number of nitrogens with one attached hydrogen (secondary N) is 1. The van der Waals surface area contributed by atoms with Gasteiger partial charge in [-0.15, -0.1) is 0 Å². The van der Waals surface area contributed by atoms with Crippen molar-refractivity contribution in [2.45, 2.75) is 45.4 Å². The van der Waals surface area contributed by atoms with Gasteiger partial charge in [-0.3, -0.25) is 0 Å². The maximum Gasteiger partial charge on any atom is 0.411 e. The highest BCUT2D eigenvalue weighted by Gasteiger charge is 2.33. The first-order chi connectivity index (χ1) is 6.83. The number of rotatable bonds is 7. The van der Waals surface area contributed by atoms with Crippen LogP contribution in [0.4, 0.5) is 13.2 Å². The smallest absolute Gasteiger partial charge is 0.365 e. The molecule has 92 valence electrons. The standard InChI is InChI=1S/C10H20F3NO/c1-4-6-14-7-9(3,5-2)15-8-10(11,12)13/h14H,4-8H2,1-3H3. The highest BCUT2D eigenvalue weighted by molar-refractivity contribution is 4.76. The molecule has 0 aromatic heterocycles. The summed E-state index contributed by atoms with van der Waals surface area (Å²) < 4.78 is 40.8. The van der Waals surface area contributed by atoms with Crippen molar-refractivity contribution in [2.75, 3.05) is 19.7 Å². The molecule has 0 aliphatic heterocycles. The fourth-order valence-electron chi connectivity index (χ4n) is 1.06. The fraction of sp³-hybridized carbons (Fsp3) is 1.00. The van der Waals surface area contributed by atoms with Gasteiger partial charge < -0.3 is 10.1 Å². The van der Waals surface area contributed by atoms with Gasteiger partial charge in [0.15, 0.2) is 0 Å². The number of halogens is 3. The van der Waals surface area contributed by atoms with Crippen LogP contribution in [0.1, 0.15) is 33.6 Å².